The van der Waals surface area contributed by atoms with E-state index in [4.69, 9.17) is 0 Å². The van der Waals surface area contributed by atoms with Crippen LogP contribution in [0.1, 0.15) is 24.0 Å². The summed E-state index contributed by atoms with van der Waals surface area (Å²) in [6.07, 6.45) is 4.92. The average molecular weight is 243 g/mol. The zero-order valence-corrected chi connectivity index (χ0v) is 10.7. The minimum atomic E-state index is 0.643. The molecule has 2 aromatic rings. The molecule has 0 radical (unpaired) electrons. The molecule has 2 heteroatoms. The van der Waals surface area contributed by atoms with Crippen LogP contribution in [0, 0.1) is 0 Å². The van der Waals surface area contributed by atoms with Gasteiger partial charge in [-0.15, -0.1) is 0 Å². The predicted molar refractivity (Wildman–Crippen MR) is 74.8 cm³/mol. The number of rotatable bonds is 3. The molecule has 1 aromatic heterocycles. The summed E-state index contributed by atoms with van der Waals surface area (Å²) in [6, 6.07) is 11.6. The Hall–Kier alpha value is -1.28. The highest BCUT2D eigenvalue weighted by atomic mass is 32.1. The van der Waals surface area contributed by atoms with Gasteiger partial charge in [0.2, 0.25) is 0 Å². The van der Waals surface area contributed by atoms with Crippen molar-refractivity contribution in [3.63, 3.8) is 0 Å². The van der Waals surface area contributed by atoms with Gasteiger partial charge in [0.1, 0.15) is 0 Å². The minimum Gasteiger partial charge on any atom is -0.382 e. The highest BCUT2D eigenvalue weighted by molar-refractivity contribution is 7.07. The monoisotopic (exact) mass is 243 g/mol. The molecule has 0 aliphatic carbocycles. The van der Waals surface area contributed by atoms with Crippen molar-refractivity contribution < 1.29 is 0 Å². The van der Waals surface area contributed by atoms with Crippen LogP contribution in [0.25, 0.3) is 0 Å². The van der Waals surface area contributed by atoms with E-state index in [1.165, 1.54) is 42.5 Å². The normalized spacial score (nSPS) is 18.5. The van der Waals surface area contributed by atoms with E-state index in [1.807, 2.05) is 0 Å². The SMILES string of the molecule is c1ccc2c(c1)CCC(CCc1ccsc1)N2. The molecule has 1 unspecified atom stereocenters. The van der Waals surface area contributed by atoms with Gasteiger partial charge in [0, 0.05) is 11.7 Å². The molecule has 1 aliphatic heterocycles. The maximum atomic E-state index is 3.66. The molecular weight excluding hydrogens is 226 g/mol. The third-order valence-electron chi connectivity index (χ3n) is 3.50. The molecule has 0 spiro atoms. The topological polar surface area (TPSA) is 12.0 Å². The van der Waals surface area contributed by atoms with Crippen LogP contribution in [0.15, 0.2) is 41.1 Å². The molecule has 0 amide bonds. The first-order valence-corrected chi connectivity index (χ1v) is 7.21. The number of aryl methyl sites for hydroxylation is 2. The number of hydrogen-bond acceptors (Lipinski definition) is 2. The van der Waals surface area contributed by atoms with Gasteiger partial charge in [0.05, 0.1) is 0 Å². The Morgan fingerprint density at radius 2 is 2.18 bits per heavy atom. The summed E-state index contributed by atoms with van der Waals surface area (Å²) in [5, 5.41) is 8.09. The number of thiophene rings is 1. The van der Waals surface area contributed by atoms with Crippen molar-refractivity contribution >= 4 is 17.0 Å². The second-order valence-electron chi connectivity index (χ2n) is 4.71. The van der Waals surface area contributed by atoms with Crippen LogP contribution in [0.2, 0.25) is 0 Å². The van der Waals surface area contributed by atoms with E-state index in [-0.39, 0.29) is 0 Å². The summed E-state index contributed by atoms with van der Waals surface area (Å²) >= 11 is 1.79. The maximum absolute atomic E-state index is 3.66. The zero-order valence-electron chi connectivity index (χ0n) is 9.86. The van der Waals surface area contributed by atoms with Gasteiger partial charge in [-0.25, -0.2) is 0 Å². The van der Waals surface area contributed by atoms with E-state index < -0.39 is 0 Å². The first-order chi connectivity index (χ1) is 8.42. The second kappa shape index (κ2) is 4.92. The van der Waals surface area contributed by atoms with Crippen LogP contribution >= 0.6 is 11.3 Å². The largest absolute Gasteiger partial charge is 0.382 e. The summed E-state index contributed by atoms with van der Waals surface area (Å²) in [5.41, 5.74) is 4.30. The highest BCUT2D eigenvalue weighted by Crippen LogP contribution is 2.26. The molecule has 0 saturated heterocycles. The molecule has 2 heterocycles. The molecule has 88 valence electrons. The lowest BCUT2D eigenvalue weighted by molar-refractivity contribution is 0.587. The summed E-state index contributed by atoms with van der Waals surface area (Å²) in [6.45, 7) is 0. The molecule has 1 aliphatic rings. The van der Waals surface area contributed by atoms with Crippen LogP contribution in [0.5, 0.6) is 0 Å². The highest BCUT2D eigenvalue weighted by Gasteiger charge is 2.16. The van der Waals surface area contributed by atoms with Gasteiger partial charge >= 0.3 is 0 Å². The van der Waals surface area contributed by atoms with E-state index in [2.05, 4.69) is 46.4 Å². The van der Waals surface area contributed by atoms with Gasteiger partial charge < -0.3 is 5.32 Å². The summed E-state index contributed by atoms with van der Waals surface area (Å²) < 4.78 is 0. The van der Waals surface area contributed by atoms with Crippen molar-refractivity contribution in [2.24, 2.45) is 0 Å². The number of para-hydroxylation sites is 1. The zero-order chi connectivity index (χ0) is 11.5. The lowest BCUT2D eigenvalue weighted by atomic mass is 9.94. The van der Waals surface area contributed by atoms with Crippen LogP contribution < -0.4 is 5.32 Å². The van der Waals surface area contributed by atoms with Gasteiger partial charge in [-0.2, -0.15) is 11.3 Å². The van der Waals surface area contributed by atoms with Crippen molar-refractivity contribution in [1.82, 2.24) is 0 Å². The standard InChI is InChI=1S/C15H17NS/c1-2-4-15-13(3-1)6-8-14(16-15)7-5-12-9-10-17-11-12/h1-4,9-11,14,16H,5-8H2. The van der Waals surface area contributed by atoms with E-state index >= 15 is 0 Å². The Morgan fingerprint density at radius 1 is 1.24 bits per heavy atom. The van der Waals surface area contributed by atoms with Crippen LogP contribution in [-0.2, 0) is 12.8 Å². The van der Waals surface area contributed by atoms with Gasteiger partial charge in [0.25, 0.3) is 0 Å². The van der Waals surface area contributed by atoms with Gasteiger partial charge in [0.15, 0.2) is 0 Å². The molecule has 0 saturated carbocycles. The van der Waals surface area contributed by atoms with Crippen LogP contribution in [0.3, 0.4) is 0 Å². The van der Waals surface area contributed by atoms with E-state index in [0.29, 0.717) is 6.04 Å². The van der Waals surface area contributed by atoms with Crippen molar-refractivity contribution in [3.8, 4) is 0 Å². The second-order valence-corrected chi connectivity index (χ2v) is 5.49. The lowest BCUT2D eigenvalue weighted by Crippen LogP contribution is -2.25. The summed E-state index contributed by atoms with van der Waals surface area (Å²) in [4.78, 5) is 0. The fraction of sp³-hybridized carbons (Fsp3) is 0.333. The first kappa shape index (κ1) is 10.8. The summed E-state index contributed by atoms with van der Waals surface area (Å²) in [5.74, 6) is 0. The number of nitrogens with one attached hydrogen (secondary N) is 1. The fourth-order valence-electron chi connectivity index (χ4n) is 2.49. The number of hydrogen-bond donors (Lipinski definition) is 1. The van der Waals surface area contributed by atoms with E-state index in [0.717, 1.165) is 0 Å². The average Bonchev–Trinajstić information content (AvgIpc) is 2.89. The van der Waals surface area contributed by atoms with Gasteiger partial charge in [-0.1, -0.05) is 18.2 Å². The fourth-order valence-corrected chi connectivity index (χ4v) is 3.20. The smallest absolute Gasteiger partial charge is 0.0374 e. The molecule has 1 aromatic carbocycles. The Morgan fingerprint density at radius 3 is 3.06 bits per heavy atom. The third kappa shape index (κ3) is 2.52. The molecule has 1 atom stereocenters. The van der Waals surface area contributed by atoms with E-state index in [1.54, 1.807) is 11.3 Å². The Kier molecular flexibility index (Phi) is 3.14. The van der Waals surface area contributed by atoms with Crippen LogP contribution in [-0.4, -0.2) is 6.04 Å². The maximum Gasteiger partial charge on any atom is 0.0374 e. The number of anilines is 1. The number of fused-ring (bicyclic) bond motifs is 1. The molecule has 0 fully saturated rings. The van der Waals surface area contributed by atoms with Crippen LogP contribution in [0.4, 0.5) is 5.69 Å². The van der Waals surface area contributed by atoms with Gasteiger partial charge in [-0.3, -0.25) is 0 Å². The first-order valence-electron chi connectivity index (χ1n) is 6.27. The third-order valence-corrected chi connectivity index (χ3v) is 4.23. The Balaban J connectivity index is 1.61. The number of benzene rings is 1. The Bertz CT molecular complexity index is 475. The van der Waals surface area contributed by atoms with Crippen molar-refractivity contribution in [3.05, 3.63) is 52.2 Å². The minimum absolute atomic E-state index is 0.643. The molecular formula is C15H17NS. The molecule has 1 N–H and O–H groups in total. The molecule has 17 heavy (non-hydrogen) atoms. The van der Waals surface area contributed by atoms with Gasteiger partial charge in [-0.05, 0) is 59.7 Å². The van der Waals surface area contributed by atoms with Crippen molar-refractivity contribution in [1.29, 1.82) is 0 Å². The Labute approximate surface area is 106 Å². The molecule has 3 rings (SSSR count). The molecule has 1 nitrogen and oxygen atoms in total. The van der Waals surface area contributed by atoms with E-state index in [9.17, 15) is 0 Å². The quantitative estimate of drug-likeness (QED) is 0.855. The van der Waals surface area contributed by atoms with Crippen molar-refractivity contribution in [2.75, 3.05) is 5.32 Å². The van der Waals surface area contributed by atoms with Crippen molar-refractivity contribution in [2.45, 2.75) is 31.7 Å². The predicted octanol–water partition coefficient (Wildman–Crippen LogP) is 4.11. The molecule has 0 bridgehead atoms. The lowest BCUT2D eigenvalue weighted by Gasteiger charge is -2.27. The summed E-state index contributed by atoms with van der Waals surface area (Å²) in [7, 11) is 0.